The summed E-state index contributed by atoms with van der Waals surface area (Å²) in [5, 5.41) is 12.2. The van der Waals surface area contributed by atoms with Crippen LogP contribution in [-0.4, -0.2) is 63.2 Å². The predicted molar refractivity (Wildman–Crippen MR) is 138 cm³/mol. The number of likely N-dealkylation sites (tertiary alicyclic amines) is 1. The summed E-state index contributed by atoms with van der Waals surface area (Å²) < 4.78 is 12.1. The maximum atomic E-state index is 12.2. The molecule has 1 unspecified atom stereocenters. The van der Waals surface area contributed by atoms with Crippen LogP contribution in [0.4, 0.5) is 5.82 Å². The van der Waals surface area contributed by atoms with Crippen LogP contribution in [0.3, 0.4) is 0 Å². The van der Waals surface area contributed by atoms with Gasteiger partial charge in [-0.1, -0.05) is 30.3 Å². The molecule has 2 aromatic heterocycles. The molecule has 2 aromatic carbocycles. The lowest BCUT2D eigenvalue weighted by Gasteiger charge is -2.34. The monoisotopic (exact) mass is 497 g/mol. The quantitative estimate of drug-likeness (QED) is 0.358. The number of aliphatic hydroxyl groups is 1. The fourth-order valence-corrected chi connectivity index (χ4v) is 4.65. The molecule has 2 aliphatic rings. The number of fused-ring (bicyclic) bond motifs is 1. The highest BCUT2D eigenvalue weighted by Gasteiger charge is 2.26. The van der Waals surface area contributed by atoms with Crippen molar-refractivity contribution in [2.45, 2.75) is 18.4 Å². The molecule has 3 N–H and O–H groups in total. The second kappa shape index (κ2) is 10.0. The first-order valence-electron chi connectivity index (χ1n) is 12.3. The number of hydrogen-bond acceptors (Lipinski definition) is 7. The second-order valence-corrected chi connectivity index (χ2v) is 9.40. The number of rotatable bonds is 7. The van der Waals surface area contributed by atoms with Crippen LogP contribution in [0, 0.1) is 0 Å². The van der Waals surface area contributed by atoms with E-state index in [1.165, 1.54) is 0 Å². The highest BCUT2D eigenvalue weighted by atomic mass is 16.5. The van der Waals surface area contributed by atoms with Gasteiger partial charge in [0.25, 0.3) is 0 Å². The third-order valence-corrected chi connectivity index (χ3v) is 6.54. The van der Waals surface area contributed by atoms with Gasteiger partial charge in [-0.15, -0.1) is 0 Å². The highest BCUT2D eigenvalue weighted by molar-refractivity contribution is 5.91. The summed E-state index contributed by atoms with van der Waals surface area (Å²) in [4.78, 5) is 26.4. The Morgan fingerprint density at radius 1 is 1.11 bits per heavy atom. The molecular formula is C28H27N5O4. The van der Waals surface area contributed by atoms with E-state index in [0.29, 0.717) is 37.0 Å². The standard InChI is InChI=1S/C28H27N5O4/c34-21-14-33(15-21)16-27(35)32-26-12-23(8-9-29-26)37-22-6-7-25-19(11-22)10-20(17-36-25)28-30-13-24(31-28)18-4-2-1-3-5-18/h1-9,11-13,20-21,34H,10,14-17H2,(H,30,31)(H,29,32,35). The number of pyridine rings is 1. The fraction of sp³-hybridized carbons (Fsp3) is 0.250. The molecule has 0 aliphatic carbocycles. The van der Waals surface area contributed by atoms with Crippen LogP contribution in [0.15, 0.2) is 73.1 Å². The van der Waals surface area contributed by atoms with Crippen molar-refractivity contribution in [1.29, 1.82) is 0 Å². The Bertz CT molecular complexity index is 1400. The molecule has 1 saturated heterocycles. The molecule has 2 aliphatic heterocycles. The van der Waals surface area contributed by atoms with Crippen molar-refractivity contribution >= 4 is 11.7 Å². The Kier molecular flexibility index (Phi) is 6.30. The second-order valence-electron chi connectivity index (χ2n) is 9.40. The number of aromatic amines is 1. The van der Waals surface area contributed by atoms with Crippen LogP contribution < -0.4 is 14.8 Å². The highest BCUT2D eigenvalue weighted by Crippen LogP contribution is 2.35. The van der Waals surface area contributed by atoms with E-state index < -0.39 is 0 Å². The minimum absolute atomic E-state index is 0.107. The first kappa shape index (κ1) is 23.2. The predicted octanol–water partition coefficient (Wildman–Crippen LogP) is 3.60. The number of ether oxygens (including phenoxy) is 2. The first-order chi connectivity index (χ1) is 18.1. The lowest BCUT2D eigenvalue weighted by Crippen LogP contribution is -2.53. The van der Waals surface area contributed by atoms with Crippen LogP contribution in [0.5, 0.6) is 17.2 Å². The van der Waals surface area contributed by atoms with Gasteiger partial charge in [0.05, 0.1) is 37.1 Å². The van der Waals surface area contributed by atoms with Crippen molar-refractivity contribution in [2.75, 3.05) is 31.6 Å². The number of hydrogen-bond donors (Lipinski definition) is 3. The number of nitrogens with zero attached hydrogens (tertiary/aromatic N) is 3. The normalized spacial score (nSPS) is 17.4. The van der Waals surface area contributed by atoms with Crippen LogP contribution in [0.25, 0.3) is 11.3 Å². The molecule has 1 fully saturated rings. The summed E-state index contributed by atoms with van der Waals surface area (Å²) in [5.41, 5.74) is 3.13. The number of amides is 1. The number of benzene rings is 2. The smallest absolute Gasteiger partial charge is 0.239 e. The minimum atomic E-state index is -0.342. The topological polar surface area (TPSA) is 113 Å². The Labute approximate surface area is 214 Å². The van der Waals surface area contributed by atoms with E-state index >= 15 is 0 Å². The molecular weight excluding hydrogens is 470 g/mol. The third-order valence-electron chi connectivity index (χ3n) is 6.54. The summed E-state index contributed by atoms with van der Waals surface area (Å²) in [5.74, 6) is 3.33. The Morgan fingerprint density at radius 2 is 1.95 bits per heavy atom. The van der Waals surface area contributed by atoms with E-state index in [4.69, 9.17) is 9.47 Å². The summed E-state index contributed by atoms with van der Waals surface area (Å²) in [6.45, 7) is 1.80. The van der Waals surface area contributed by atoms with Gasteiger partial charge in [-0.3, -0.25) is 9.69 Å². The van der Waals surface area contributed by atoms with Gasteiger partial charge in [0, 0.05) is 25.4 Å². The van der Waals surface area contributed by atoms with E-state index in [0.717, 1.165) is 34.8 Å². The number of H-pyrrole nitrogens is 1. The maximum absolute atomic E-state index is 12.2. The molecule has 0 spiro atoms. The van der Waals surface area contributed by atoms with Gasteiger partial charge in [-0.2, -0.15) is 0 Å². The molecule has 0 bridgehead atoms. The zero-order valence-electron chi connectivity index (χ0n) is 20.1. The van der Waals surface area contributed by atoms with E-state index in [9.17, 15) is 9.90 Å². The van der Waals surface area contributed by atoms with Gasteiger partial charge in [-0.25, -0.2) is 9.97 Å². The molecule has 9 heteroatoms. The van der Waals surface area contributed by atoms with E-state index in [1.807, 2.05) is 47.5 Å². The van der Waals surface area contributed by atoms with Crippen molar-refractivity contribution in [1.82, 2.24) is 19.9 Å². The summed E-state index contributed by atoms with van der Waals surface area (Å²) in [7, 11) is 0. The maximum Gasteiger partial charge on any atom is 0.239 e. The van der Waals surface area contributed by atoms with E-state index in [1.54, 1.807) is 18.3 Å². The fourth-order valence-electron chi connectivity index (χ4n) is 4.65. The van der Waals surface area contributed by atoms with Gasteiger partial charge in [0.2, 0.25) is 5.91 Å². The van der Waals surface area contributed by atoms with Gasteiger partial charge >= 0.3 is 0 Å². The Hall–Kier alpha value is -4.21. The van der Waals surface area contributed by atoms with Crippen molar-refractivity contribution < 1.29 is 19.4 Å². The summed E-state index contributed by atoms with van der Waals surface area (Å²) in [6.07, 6.45) is 3.89. The SMILES string of the molecule is O=C(CN1CC(O)C1)Nc1cc(Oc2ccc3c(c2)CC(c2ncc(-c4ccccc4)[nH]2)CO3)ccn1. The molecule has 37 heavy (non-hydrogen) atoms. The third kappa shape index (κ3) is 5.32. The molecule has 0 radical (unpaired) electrons. The van der Waals surface area contributed by atoms with Crippen molar-refractivity contribution in [2.24, 2.45) is 0 Å². The molecule has 6 rings (SSSR count). The number of imidazole rings is 1. The van der Waals surface area contributed by atoms with Gasteiger partial charge in [0.15, 0.2) is 0 Å². The lowest BCUT2D eigenvalue weighted by atomic mass is 9.96. The molecule has 9 nitrogen and oxygen atoms in total. The average Bonchev–Trinajstić information content (AvgIpc) is 3.39. The largest absolute Gasteiger partial charge is 0.493 e. The van der Waals surface area contributed by atoms with Crippen molar-refractivity contribution in [3.8, 4) is 28.5 Å². The Morgan fingerprint density at radius 3 is 2.78 bits per heavy atom. The van der Waals surface area contributed by atoms with Gasteiger partial charge in [-0.05, 0) is 41.8 Å². The number of carbonyl (C=O) groups excluding carboxylic acids is 1. The molecule has 188 valence electrons. The van der Waals surface area contributed by atoms with Crippen LogP contribution in [-0.2, 0) is 11.2 Å². The zero-order valence-corrected chi connectivity index (χ0v) is 20.1. The molecule has 1 atom stereocenters. The number of carbonyl (C=O) groups is 1. The molecule has 4 aromatic rings. The number of aliphatic hydroxyl groups excluding tert-OH is 1. The average molecular weight is 498 g/mol. The molecule has 0 saturated carbocycles. The summed E-state index contributed by atoms with van der Waals surface area (Å²) in [6, 6.07) is 19.3. The van der Waals surface area contributed by atoms with Crippen LogP contribution in [0.2, 0.25) is 0 Å². The van der Waals surface area contributed by atoms with Crippen molar-refractivity contribution in [3.05, 3.63) is 84.4 Å². The van der Waals surface area contributed by atoms with Crippen LogP contribution in [0.1, 0.15) is 17.3 Å². The molecule has 4 heterocycles. The van der Waals surface area contributed by atoms with Gasteiger partial charge in [0.1, 0.15) is 28.9 Å². The number of aromatic nitrogens is 3. The Balaban J connectivity index is 1.11. The van der Waals surface area contributed by atoms with E-state index in [-0.39, 0.29) is 24.5 Å². The van der Waals surface area contributed by atoms with Gasteiger partial charge < -0.3 is 24.9 Å². The first-order valence-corrected chi connectivity index (χ1v) is 12.3. The number of β-amino-alcohol motifs (C(OH)–C–C–N with tert-alkyl or cyclic N) is 1. The minimum Gasteiger partial charge on any atom is -0.493 e. The van der Waals surface area contributed by atoms with Crippen molar-refractivity contribution in [3.63, 3.8) is 0 Å². The zero-order chi connectivity index (χ0) is 25.2. The lowest BCUT2D eigenvalue weighted by molar-refractivity contribution is -0.119. The number of anilines is 1. The summed E-state index contributed by atoms with van der Waals surface area (Å²) >= 11 is 0. The number of nitrogens with one attached hydrogen (secondary N) is 2. The van der Waals surface area contributed by atoms with E-state index in [2.05, 4.69) is 32.4 Å². The molecule has 1 amide bonds. The van der Waals surface area contributed by atoms with Crippen LogP contribution >= 0.6 is 0 Å².